The number of ether oxygens (including phenoxy) is 1. The number of nitrogens with one attached hydrogen (secondary N) is 1. The summed E-state index contributed by atoms with van der Waals surface area (Å²) in [6.07, 6.45) is 1.60. The summed E-state index contributed by atoms with van der Waals surface area (Å²) in [6, 6.07) is 18.9. The maximum atomic E-state index is 12.4. The third kappa shape index (κ3) is 5.76. The lowest BCUT2D eigenvalue weighted by atomic mass is 10.0. The molecule has 0 atom stereocenters. The zero-order valence-electron chi connectivity index (χ0n) is 19.1. The molecule has 4 rings (SSSR count). The minimum atomic E-state index is -0.0649. The fourth-order valence-corrected chi connectivity index (χ4v) is 5.16. The monoisotopic (exact) mass is 491 g/mol. The van der Waals surface area contributed by atoms with Crippen LogP contribution in [0.1, 0.15) is 30.9 Å². The standard InChI is InChI=1S/C26H25N3O3S2/c1-16(2)17-7-9-19(10-8-17)28-24(30)15-33-26-29-21-12-11-20(13-23(21)34-26)27-14-18-5-4-6-22(32-3)25(18)31/h4-14,16,31H,15H2,1-3H3,(H,28,30). The Labute approximate surface area is 206 Å². The van der Waals surface area contributed by atoms with Gasteiger partial charge in [0, 0.05) is 17.5 Å². The molecule has 0 unspecified atom stereocenters. The molecule has 0 aliphatic heterocycles. The van der Waals surface area contributed by atoms with Crippen LogP contribution in [0.4, 0.5) is 11.4 Å². The molecule has 174 valence electrons. The molecule has 6 nitrogen and oxygen atoms in total. The minimum Gasteiger partial charge on any atom is -0.504 e. The van der Waals surface area contributed by atoms with Crippen LogP contribution in [0.3, 0.4) is 0 Å². The lowest BCUT2D eigenvalue weighted by Crippen LogP contribution is -2.13. The number of carbonyl (C=O) groups is 1. The fraction of sp³-hybridized carbons (Fsp3) is 0.192. The number of aromatic hydroxyl groups is 1. The number of para-hydroxylation sites is 1. The summed E-state index contributed by atoms with van der Waals surface area (Å²) in [5.74, 6) is 1.14. The van der Waals surface area contributed by atoms with Gasteiger partial charge in [-0.2, -0.15) is 0 Å². The highest BCUT2D eigenvalue weighted by molar-refractivity contribution is 8.01. The molecule has 4 aromatic rings. The Balaban J connectivity index is 1.38. The summed E-state index contributed by atoms with van der Waals surface area (Å²) in [5.41, 5.74) is 4.22. The molecule has 0 saturated carbocycles. The molecule has 0 bridgehead atoms. The number of methoxy groups -OCH3 is 1. The number of carbonyl (C=O) groups excluding carboxylic acids is 1. The average molecular weight is 492 g/mol. The summed E-state index contributed by atoms with van der Waals surface area (Å²) in [6.45, 7) is 4.28. The Hall–Kier alpha value is -3.36. The highest BCUT2D eigenvalue weighted by Crippen LogP contribution is 2.33. The second-order valence-electron chi connectivity index (χ2n) is 7.90. The van der Waals surface area contributed by atoms with E-state index in [1.165, 1.54) is 35.8 Å². The van der Waals surface area contributed by atoms with Crippen molar-refractivity contribution in [3.63, 3.8) is 0 Å². The van der Waals surface area contributed by atoms with Crippen LogP contribution in [0.25, 0.3) is 10.2 Å². The molecule has 0 aliphatic carbocycles. The van der Waals surface area contributed by atoms with Crippen LogP contribution in [0.2, 0.25) is 0 Å². The molecular formula is C26H25N3O3S2. The van der Waals surface area contributed by atoms with Crippen molar-refractivity contribution in [2.75, 3.05) is 18.2 Å². The molecule has 0 aliphatic rings. The highest BCUT2D eigenvalue weighted by Gasteiger charge is 2.10. The van der Waals surface area contributed by atoms with Gasteiger partial charge in [-0.05, 0) is 53.9 Å². The zero-order valence-corrected chi connectivity index (χ0v) is 20.7. The summed E-state index contributed by atoms with van der Waals surface area (Å²) < 4.78 is 6.94. The van der Waals surface area contributed by atoms with Gasteiger partial charge in [-0.25, -0.2) is 4.98 Å². The predicted octanol–water partition coefficient (Wildman–Crippen LogP) is 6.62. The number of thioether (sulfide) groups is 1. The molecule has 0 spiro atoms. The van der Waals surface area contributed by atoms with E-state index < -0.39 is 0 Å². The Morgan fingerprint density at radius 1 is 1.21 bits per heavy atom. The first kappa shape index (κ1) is 23.8. The molecule has 1 heterocycles. The number of thiazole rings is 1. The summed E-state index contributed by atoms with van der Waals surface area (Å²) >= 11 is 2.94. The number of fused-ring (bicyclic) bond motifs is 1. The van der Waals surface area contributed by atoms with E-state index in [1.54, 1.807) is 24.4 Å². The van der Waals surface area contributed by atoms with E-state index in [0.717, 1.165) is 25.9 Å². The second kappa shape index (κ2) is 10.7. The first-order valence-electron chi connectivity index (χ1n) is 10.8. The van der Waals surface area contributed by atoms with Crippen LogP contribution in [0, 0.1) is 0 Å². The van der Waals surface area contributed by atoms with Crippen LogP contribution in [-0.4, -0.2) is 35.1 Å². The molecule has 0 saturated heterocycles. The van der Waals surface area contributed by atoms with E-state index >= 15 is 0 Å². The number of aliphatic imine (C=N–C) groups is 1. The second-order valence-corrected chi connectivity index (χ2v) is 10.2. The van der Waals surface area contributed by atoms with Crippen molar-refractivity contribution in [2.45, 2.75) is 24.1 Å². The van der Waals surface area contributed by atoms with Crippen LogP contribution >= 0.6 is 23.1 Å². The molecule has 8 heteroatoms. The molecule has 0 radical (unpaired) electrons. The van der Waals surface area contributed by atoms with Gasteiger partial charge in [-0.15, -0.1) is 11.3 Å². The molecule has 0 fully saturated rings. The van der Waals surface area contributed by atoms with E-state index in [0.29, 0.717) is 17.2 Å². The SMILES string of the molecule is COc1cccc(C=Nc2ccc3nc(SCC(=O)Nc4ccc(C(C)C)cc4)sc3c2)c1O. The number of hydrogen-bond acceptors (Lipinski definition) is 7. The van der Waals surface area contributed by atoms with Gasteiger partial charge in [0.05, 0.1) is 28.8 Å². The van der Waals surface area contributed by atoms with Gasteiger partial charge in [0.2, 0.25) is 5.91 Å². The summed E-state index contributed by atoms with van der Waals surface area (Å²) in [7, 11) is 1.51. The smallest absolute Gasteiger partial charge is 0.234 e. The summed E-state index contributed by atoms with van der Waals surface area (Å²) in [4.78, 5) is 21.5. The Bertz CT molecular complexity index is 1330. The summed E-state index contributed by atoms with van der Waals surface area (Å²) in [5, 5.41) is 13.1. The molecule has 34 heavy (non-hydrogen) atoms. The maximum Gasteiger partial charge on any atom is 0.234 e. The lowest BCUT2D eigenvalue weighted by Gasteiger charge is -2.08. The van der Waals surface area contributed by atoms with Crippen molar-refractivity contribution in [2.24, 2.45) is 4.99 Å². The number of aromatic nitrogens is 1. The number of rotatable bonds is 8. The number of phenolic OH excluding ortho intramolecular Hbond substituents is 1. The zero-order chi connectivity index (χ0) is 24.1. The van der Waals surface area contributed by atoms with Crippen molar-refractivity contribution in [1.82, 2.24) is 4.98 Å². The topological polar surface area (TPSA) is 83.8 Å². The van der Waals surface area contributed by atoms with E-state index in [-0.39, 0.29) is 17.4 Å². The average Bonchev–Trinajstić information content (AvgIpc) is 3.25. The number of benzene rings is 3. The van der Waals surface area contributed by atoms with E-state index in [4.69, 9.17) is 4.74 Å². The van der Waals surface area contributed by atoms with Gasteiger partial charge in [-0.1, -0.05) is 43.8 Å². The molecule has 1 aromatic heterocycles. The first-order valence-corrected chi connectivity index (χ1v) is 12.6. The van der Waals surface area contributed by atoms with Crippen LogP contribution < -0.4 is 10.1 Å². The Morgan fingerprint density at radius 2 is 2.00 bits per heavy atom. The van der Waals surface area contributed by atoms with Gasteiger partial charge in [0.15, 0.2) is 15.8 Å². The number of amides is 1. The molecule has 3 aromatic carbocycles. The van der Waals surface area contributed by atoms with Crippen molar-refractivity contribution in [3.05, 3.63) is 71.8 Å². The van der Waals surface area contributed by atoms with Crippen LogP contribution in [0.15, 0.2) is 70.0 Å². The number of nitrogens with zero attached hydrogens (tertiary/aromatic N) is 2. The third-order valence-corrected chi connectivity index (χ3v) is 7.30. The van der Waals surface area contributed by atoms with E-state index in [2.05, 4.69) is 29.1 Å². The van der Waals surface area contributed by atoms with Crippen molar-refractivity contribution in [1.29, 1.82) is 0 Å². The molecular weight excluding hydrogens is 466 g/mol. The van der Waals surface area contributed by atoms with Crippen LogP contribution in [-0.2, 0) is 4.79 Å². The number of anilines is 1. The Morgan fingerprint density at radius 3 is 2.74 bits per heavy atom. The quantitative estimate of drug-likeness (QED) is 0.214. The van der Waals surface area contributed by atoms with Gasteiger partial charge in [-0.3, -0.25) is 9.79 Å². The molecule has 1 amide bonds. The van der Waals surface area contributed by atoms with E-state index in [9.17, 15) is 9.90 Å². The van der Waals surface area contributed by atoms with Gasteiger partial charge in [0.1, 0.15) is 0 Å². The van der Waals surface area contributed by atoms with Gasteiger partial charge in [0.25, 0.3) is 0 Å². The number of hydrogen-bond donors (Lipinski definition) is 2. The van der Waals surface area contributed by atoms with Gasteiger partial charge < -0.3 is 15.2 Å². The van der Waals surface area contributed by atoms with Gasteiger partial charge >= 0.3 is 0 Å². The van der Waals surface area contributed by atoms with Crippen LogP contribution in [0.5, 0.6) is 11.5 Å². The molecule has 2 N–H and O–H groups in total. The third-order valence-electron chi connectivity index (χ3n) is 5.14. The minimum absolute atomic E-state index is 0.0560. The Kier molecular flexibility index (Phi) is 7.49. The fourth-order valence-electron chi connectivity index (χ4n) is 3.26. The normalized spacial score (nSPS) is 11.4. The highest BCUT2D eigenvalue weighted by atomic mass is 32.2. The first-order chi connectivity index (χ1) is 16.4. The number of phenols is 1. The van der Waals surface area contributed by atoms with Crippen molar-refractivity contribution < 1.29 is 14.6 Å². The lowest BCUT2D eigenvalue weighted by molar-refractivity contribution is -0.113. The van der Waals surface area contributed by atoms with Crippen molar-refractivity contribution >= 4 is 56.8 Å². The largest absolute Gasteiger partial charge is 0.504 e. The predicted molar refractivity (Wildman–Crippen MR) is 141 cm³/mol. The van der Waals surface area contributed by atoms with Crippen molar-refractivity contribution in [3.8, 4) is 11.5 Å². The maximum absolute atomic E-state index is 12.4. The van der Waals surface area contributed by atoms with E-state index in [1.807, 2.05) is 42.5 Å².